The molecule has 4 heteroatoms. The van der Waals surface area contributed by atoms with E-state index in [1.807, 2.05) is 39.2 Å². The van der Waals surface area contributed by atoms with E-state index in [1.54, 1.807) is 11.8 Å². The third-order valence-electron chi connectivity index (χ3n) is 2.17. The lowest BCUT2D eigenvalue weighted by molar-refractivity contribution is -0.154. The molecule has 0 atom stereocenters. The fourth-order valence-corrected chi connectivity index (χ4v) is 1.82. The van der Waals surface area contributed by atoms with Crippen LogP contribution in [-0.4, -0.2) is 24.4 Å². The van der Waals surface area contributed by atoms with Crippen molar-refractivity contribution >= 4 is 23.4 Å². The van der Waals surface area contributed by atoms with Crippen molar-refractivity contribution in [2.24, 2.45) is 0 Å². The van der Waals surface area contributed by atoms with Crippen LogP contribution in [0, 0.1) is 0 Å². The molecule has 100 valence electrons. The molecule has 0 bridgehead atoms. The van der Waals surface area contributed by atoms with Crippen LogP contribution >= 0.6 is 11.8 Å². The molecule has 0 fully saturated rings. The average molecular weight is 267 g/mol. The molecule has 3 nitrogen and oxygen atoms in total. The Labute approximate surface area is 113 Å². The number of hydrogen-bond donors (Lipinski definition) is 1. The summed E-state index contributed by atoms with van der Waals surface area (Å²) < 4.78 is 5.23. The van der Waals surface area contributed by atoms with Gasteiger partial charge in [0.25, 0.3) is 0 Å². The smallest absolute Gasteiger partial charge is 0.308 e. The van der Waals surface area contributed by atoms with Gasteiger partial charge in [0, 0.05) is 17.1 Å². The van der Waals surface area contributed by atoms with Crippen LogP contribution in [-0.2, 0) is 9.53 Å². The second-order valence-corrected chi connectivity index (χ2v) is 5.87. The molecule has 1 aromatic carbocycles. The fraction of sp³-hybridized carbons (Fsp3) is 0.500. The number of hydrogen-bond acceptors (Lipinski definition) is 4. The Balaban J connectivity index is 2.30. The molecule has 0 heterocycles. The highest BCUT2D eigenvalue weighted by Crippen LogP contribution is 2.17. The summed E-state index contributed by atoms with van der Waals surface area (Å²) in [5.74, 6) is -0.171. The minimum absolute atomic E-state index is 0.171. The van der Waals surface area contributed by atoms with Gasteiger partial charge in [0.2, 0.25) is 0 Å². The van der Waals surface area contributed by atoms with Gasteiger partial charge < -0.3 is 10.1 Å². The highest BCUT2D eigenvalue weighted by molar-refractivity contribution is 7.98. The summed E-state index contributed by atoms with van der Waals surface area (Å²) in [5.41, 5.74) is 0.619. The molecule has 0 amide bonds. The first kappa shape index (κ1) is 14.9. The molecule has 1 N–H and O–H groups in total. The van der Waals surface area contributed by atoms with Crippen molar-refractivity contribution in [3.63, 3.8) is 0 Å². The van der Waals surface area contributed by atoms with Crippen LogP contribution < -0.4 is 5.32 Å². The maximum atomic E-state index is 11.5. The van der Waals surface area contributed by atoms with Gasteiger partial charge in [-0.3, -0.25) is 4.79 Å². The van der Waals surface area contributed by atoms with Gasteiger partial charge in [-0.05, 0) is 51.3 Å². The topological polar surface area (TPSA) is 38.3 Å². The van der Waals surface area contributed by atoms with Crippen LogP contribution in [0.2, 0.25) is 0 Å². The van der Waals surface area contributed by atoms with Crippen molar-refractivity contribution in [1.29, 1.82) is 0 Å². The van der Waals surface area contributed by atoms with Crippen LogP contribution in [0.5, 0.6) is 0 Å². The first-order valence-corrected chi connectivity index (χ1v) is 7.23. The van der Waals surface area contributed by atoms with Crippen LogP contribution in [0.25, 0.3) is 0 Å². The van der Waals surface area contributed by atoms with Gasteiger partial charge in [0.1, 0.15) is 5.60 Å². The molecule has 0 aliphatic rings. The SMILES string of the molecule is CSc1ccc(NCCC(=O)OC(C)(C)C)cc1. The van der Waals surface area contributed by atoms with Crippen LogP contribution in [0.4, 0.5) is 5.69 Å². The number of carbonyl (C=O) groups is 1. The van der Waals surface area contributed by atoms with Crippen molar-refractivity contribution in [1.82, 2.24) is 0 Å². The van der Waals surface area contributed by atoms with Crippen molar-refractivity contribution < 1.29 is 9.53 Å². The van der Waals surface area contributed by atoms with Crippen molar-refractivity contribution in [3.05, 3.63) is 24.3 Å². The Morgan fingerprint density at radius 2 is 1.89 bits per heavy atom. The third kappa shape index (κ3) is 5.96. The zero-order chi connectivity index (χ0) is 13.6. The number of nitrogens with one attached hydrogen (secondary N) is 1. The number of benzene rings is 1. The number of esters is 1. The van der Waals surface area contributed by atoms with E-state index in [-0.39, 0.29) is 5.97 Å². The number of rotatable bonds is 5. The summed E-state index contributed by atoms with van der Waals surface area (Å²) in [4.78, 5) is 12.7. The van der Waals surface area contributed by atoms with E-state index < -0.39 is 5.60 Å². The second-order valence-electron chi connectivity index (χ2n) is 4.99. The molecule has 0 saturated carbocycles. The maximum Gasteiger partial charge on any atom is 0.308 e. The molecule has 0 spiro atoms. The molecule has 0 aliphatic carbocycles. The van der Waals surface area contributed by atoms with E-state index >= 15 is 0 Å². The lowest BCUT2D eigenvalue weighted by Gasteiger charge is -2.19. The molecule has 1 rings (SSSR count). The summed E-state index contributed by atoms with van der Waals surface area (Å²) in [6.07, 6.45) is 2.42. The minimum Gasteiger partial charge on any atom is -0.460 e. The molecule has 0 saturated heterocycles. The van der Waals surface area contributed by atoms with Crippen molar-refractivity contribution in [2.45, 2.75) is 37.7 Å². The van der Waals surface area contributed by atoms with E-state index in [1.165, 1.54) is 4.90 Å². The monoisotopic (exact) mass is 267 g/mol. The van der Waals surface area contributed by atoms with Gasteiger partial charge >= 0.3 is 5.97 Å². The zero-order valence-electron chi connectivity index (χ0n) is 11.4. The molecule has 18 heavy (non-hydrogen) atoms. The normalized spacial score (nSPS) is 11.1. The van der Waals surface area contributed by atoms with Gasteiger partial charge in [-0.15, -0.1) is 11.8 Å². The Bertz CT molecular complexity index is 382. The Morgan fingerprint density at radius 3 is 2.39 bits per heavy atom. The largest absolute Gasteiger partial charge is 0.460 e. The minimum atomic E-state index is -0.406. The van der Waals surface area contributed by atoms with Crippen LogP contribution in [0.1, 0.15) is 27.2 Å². The van der Waals surface area contributed by atoms with Gasteiger partial charge in [-0.25, -0.2) is 0 Å². The summed E-state index contributed by atoms with van der Waals surface area (Å²) in [7, 11) is 0. The molecule has 0 unspecified atom stereocenters. The van der Waals surface area contributed by atoms with Crippen LogP contribution in [0.3, 0.4) is 0 Å². The van der Waals surface area contributed by atoms with Crippen molar-refractivity contribution in [2.75, 3.05) is 18.1 Å². The van der Waals surface area contributed by atoms with Crippen LogP contribution in [0.15, 0.2) is 29.2 Å². The summed E-state index contributed by atoms with van der Waals surface area (Å²) >= 11 is 1.71. The van der Waals surface area contributed by atoms with Gasteiger partial charge in [0.15, 0.2) is 0 Å². The molecule has 0 radical (unpaired) electrons. The van der Waals surface area contributed by atoms with Crippen molar-refractivity contribution in [3.8, 4) is 0 Å². The highest BCUT2D eigenvalue weighted by Gasteiger charge is 2.15. The predicted octanol–water partition coefficient (Wildman–Crippen LogP) is 3.55. The summed E-state index contributed by atoms with van der Waals surface area (Å²) in [6, 6.07) is 8.14. The Kier molecular flexibility index (Phi) is 5.54. The van der Waals surface area contributed by atoms with E-state index in [0.717, 1.165) is 5.69 Å². The first-order valence-electron chi connectivity index (χ1n) is 6.00. The number of carbonyl (C=O) groups excluding carboxylic acids is 1. The fourth-order valence-electron chi connectivity index (χ4n) is 1.41. The van der Waals surface area contributed by atoms with E-state index in [0.29, 0.717) is 13.0 Å². The van der Waals surface area contributed by atoms with E-state index in [2.05, 4.69) is 17.4 Å². The lowest BCUT2D eigenvalue weighted by Crippen LogP contribution is -2.25. The lowest BCUT2D eigenvalue weighted by atomic mass is 10.2. The Hall–Kier alpha value is -1.16. The van der Waals surface area contributed by atoms with Gasteiger partial charge in [-0.1, -0.05) is 0 Å². The molecule has 0 aliphatic heterocycles. The third-order valence-corrected chi connectivity index (χ3v) is 2.91. The predicted molar refractivity (Wildman–Crippen MR) is 77.2 cm³/mol. The number of ether oxygens (including phenoxy) is 1. The van der Waals surface area contributed by atoms with E-state index in [4.69, 9.17) is 4.74 Å². The van der Waals surface area contributed by atoms with Gasteiger partial charge in [0.05, 0.1) is 6.42 Å². The number of thioether (sulfide) groups is 1. The highest BCUT2D eigenvalue weighted by atomic mass is 32.2. The van der Waals surface area contributed by atoms with E-state index in [9.17, 15) is 4.79 Å². The Morgan fingerprint density at radius 1 is 1.28 bits per heavy atom. The molecular weight excluding hydrogens is 246 g/mol. The first-order chi connectivity index (χ1) is 8.40. The summed E-state index contributed by atoms with van der Waals surface area (Å²) in [5, 5.41) is 3.20. The molecular formula is C14H21NO2S. The van der Waals surface area contributed by atoms with Gasteiger partial charge in [-0.2, -0.15) is 0 Å². The summed E-state index contributed by atoms with van der Waals surface area (Å²) in [6.45, 7) is 6.21. The zero-order valence-corrected chi connectivity index (χ0v) is 12.3. The average Bonchev–Trinajstić information content (AvgIpc) is 2.27. The standard InChI is InChI=1S/C14H21NO2S/c1-14(2,3)17-13(16)9-10-15-11-5-7-12(18-4)8-6-11/h5-8,15H,9-10H2,1-4H3. The molecule has 0 aromatic heterocycles. The maximum absolute atomic E-state index is 11.5. The second kappa shape index (κ2) is 6.69. The quantitative estimate of drug-likeness (QED) is 0.654. The molecule has 1 aromatic rings. The number of anilines is 1.